The van der Waals surface area contributed by atoms with Gasteiger partial charge >= 0.3 is 0 Å². The summed E-state index contributed by atoms with van der Waals surface area (Å²) in [4.78, 5) is 38.1. The minimum absolute atomic E-state index is 0.0171. The number of hydrogen-bond acceptors (Lipinski definition) is 4. The van der Waals surface area contributed by atoms with Gasteiger partial charge in [0.1, 0.15) is 11.6 Å². The zero-order valence-corrected chi connectivity index (χ0v) is 21.5. The predicted molar refractivity (Wildman–Crippen MR) is 143 cm³/mol. The average molecular weight is 499 g/mol. The molecule has 5 rings (SSSR count). The highest BCUT2D eigenvalue weighted by Gasteiger charge is 2.33. The number of para-hydroxylation sites is 2. The van der Waals surface area contributed by atoms with E-state index in [1.165, 1.54) is 5.56 Å². The molecule has 1 aliphatic heterocycles. The molecule has 2 amide bonds. The highest BCUT2D eigenvalue weighted by molar-refractivity contribution is 5.95. The first kappa shape index (κ1) is 24.8. The van der Waals surface area contributed by atoms with Gasteiger partial charge in [0.05, 0.1) is 22.9 Å². The number of likely N-dealkylation sites (N-methyl/N-ethyl adjacent to an activating group) is 1. The van der Waals surface area contributed by atoms with Crippen LogP contribution in [0.5, 0.6) is 0 Å². The monoisotopic (exact) mass is 498 g/mol. The molecule has 0 spiro atoms. The van der Waals surface area contributed by atoms with E-state index >= 15 is 0 Å². The average Bonchev–Trinajstić information content (AvgIpc) is 3.56. The number of imidazole rings is 1. The zero-order valence-electron chi connectivity index (χ0n) is 21.5. The molecule has 0 aliphatic carbocycles. The highest BCUT2D eigenvalue weighted by atomic mass is 16.3. The molecule has 0 radical (unpaired) electrons. The van der Waals surface area contributed by atoms with Crippen LogP contribution in [0.1, 0.15) is 46.8 Å². The molecular weight excluding hydrogens is 464 g/mol. The predicted octanol–water partition coefficient (Wildman–Crippen LogP) is 5.02. The second-order valence-corrected chi connectivity index (χ2v) is 9.98. The van der Waals surface area contributed by atoms with Gasteiger partial charge in [-0.25, -0.2) is 4.98 Å². The van der Waals surface area contributed by atoms with Crippen LogP contribution in [0, 0.1) is 12.8 Å². The molecule has 0 saturated carbocycles. The van der Waals surface area contributed by atoms with Gasteiger partial charge in [-0.2, -0.15) is 0 Å². The molecule has 2 aromatic heterocycles. The molecule has 4 aromatic rings. The summed E-state index contributed by atoms with van der Waals surface area (Å²) in [5.74, 6) is 1.94. The molecule has 192 valence electrons. The van der Waals surface area contributed by atoms with Gasteiger partial charge in [-0.15, -0.1) is 0 Å². The second-order valence-electron chi connectivity index (χ2n) is 9.98. The molecule has 3 heterocycles. The number of furan rings is 1. The van der Waals surface area contributed by atoms with Crippen LogP contribution in [0.3, 0.4) is 0 Å². The molecular formula is C30H34N4O3. The number of carbonyl (C=O) groups excluding carboxylic acids is 2. The van der Waals surface area contributed by atoms with E-state index in [-0.39, 0.29) is 17.9 Å². The highest BCUT2D eigenvalue weighted by Crippen LogP contribution is 2.28. The maximum Gasteiger partial charge on any atom is 0.257 e. The quantitative estimate of drug-likeness (QED) is 0.370. The van der Waals surface area contributed by atoms with Gasteiger partial charge < -0.3 is 19.2 Å². The Kier molecular flexibility index (Phi) is 7.40. The minimum atomic E-state index is -0.0171. The van der Waals surface area contributed by atoms with E-state index in [9.17, 15) is 9.59 Å². The molecule has 1 atom stereocenters. The van der Waals surface area contributed by atoms with Gasteiger partial charge in [0.2, 0.25) is 5.91 Å². The molecule has 37 heavy (non-hydrogen) atoms. The minimum Gasteiger partial charge on any atom is -0.469 e. The van der Waals surface area contributed by atoms with E-state index in [2.05, 4.69) is 22.1 Å². The molecule has 1 saturated heterocycles. The van der Waals surface area contributed by atoms with Gasteiger partial charge in [0.15, 0.2) is 0 Å². The number of benzene rings is 2. The summed E-state index contributed by atoms with van der Waals surface area (Å²) in [6.45, 7) is 3.24. The number of rotatable bonds is 8. The molecule has 0 bridgehead atoms. The Morgan fingerprint density at radius 2 is 1.81 bits per heavy atom. The van der Waals surface area contributed by atoms with Crippen LogP contribution in [-0.4, -0.2) is 57.8 Å². The van der Waals surface area contributed by atoms with Crippen molar-refractivity contribution in [2.45, 2.75) is 45.1 Å². The standard InChI is InChI=1S/C30H34N4O3/c1-21-24(16-19-37-21)30(36)33(2)27(20-22-8-4-3-5-9-22)23-14-17-34(18-15-23)29(35)13-12-28-31-25-10-6-7-11-26(25)32-28/h3-11,16,19,23,27H,12-15,17-18,20H2,1-2H3,(H,31,32). The van der Waals surface area contributed by atoms with Crippen molar-refractivity contribution in [3.63, 3.8) is 0 Å². The molecule has 7 nitrogen and oxygen atoms in total. The number of H-pyrrole nitrogens is 1. The fraction of sp³-hybridized carbons (Fsp3) is 0.367. The third-order valence-corrected chi connectivity index (χ3v) is 7.65. The van der Waals surface area contributed by atoms with E-state index in [0.29, 0.717) is 43.2 Å². The lowest BCUT2D eigenvalue weighted by Gasteiger charge is -2.40. The molecule has 1 N–H and O–H groups in total. The maximum atomic E-state index is 13.4. The lowest BCUT2D eigenvalue weighted by molar-refractivity contribution is -0.132. The van der Waals surface area contributed by atoms with Crippen molar-refractivity contribution < 1.29 is 14.0 Å². The van der Waals surface area contributed by atoms with Gasteiger partial charge in [-0.1, -0.05) is 42.5 Å². The van der Waals surface area contributed by atoms with Crippen molar-refractivity contribution >= 4 is 22.8 Å². The van der Waals surface area contributed by atoms with Crippen LogP contribution < -0.4 is 0 Å². The molecule has 1 unspecified atom stereocenters. The number of aryl methyl sites for hydroxylation is 2. The normalized spacial score (nSPS) is 15.1. The number of nitrogens with one attached hydrogen (secondary N) is 1. The first-order valence-corrected chi connectivity index (χ1v) is 13.1. The number of amides is 2. The van der Waals surface area contributed by atoms with Crippen LogP contribution in [0.25, 0.3) is 11.0 Å². The lowest BCUT2D eigenvalue weighted by atomic mass is 9.84. The van der Waals surface area contributed by atoms with Crippen molar-refractivity contribution in [2.24, 2.45) is 5.92 Å². The van der Waals surface area contributed by atoms with Crippen LogP contribution in [-0.2, 0) is 17.6 Å². The Hall–Kier alpha value is -3.87. The van der Waals surface area contributed by atoms with Crippen molar-refractivity contribution in [1.29, 1.82) is 0 Å². The number of nitrogens with zero attached hydrogens (tertiary/aromatic N) is 3. The van der Waals surface area contributed by atoms with Crippen molar-refractivity contribution in [1.82, 2.24) is 19.8 Å². The van der Waals surface area contributed by atoms with E-state index < -0.39 is 0 Å². The summed E-state index contributed by atoms with van der Waals surface area (Å²) in [5.41, 5.74) is 3.75. The van der Waals surface area contributed by atoms with E-state index in [4.69, 9.17) is 4.42 Å². The maximum absolute atomic E-state index is 13.4. The fourth-order valence-electron chi connectivity index (χ4n) is 5.46. The van der Waals surface area contributed by atoms with Crippen LogP contribution in [0.15, 0.2) is 71.3 Å². The van der Waals surface area contributed by atoms with E-state index in [1.807, 2.05) is 66.2 Å². The topological polar surface area (TPSA) is 82.4 Å². The number of carbonyl (C=O) groups is 2. The Balaban J connectivity index is 1.22. The fourth-order valence-corrected chi connectivity index (χ4v) is 5.46. The first-order chi connectivity index (χ1) is 18.0. The summed E-state index contributed by atoms with van der Waals surface area (Å²) in [6, 6.07) is 20.0. The Bertz CT molecular complexity index is 1320. The zero-order chi connectivity index (χ0) is 25.8. The van der Waals surface area contributed by atoms with Gasteiger partial charge in [0, 0.05) is 39.0 Å². The Morgan fingerprint density at radius 3 is 2.51 bits per heavy atom. The number of likely N-dealkylation sites (tertiary alicyclic amines) is 1. The third-order valence-electron chi connectivity index (χ3n) is 7.65. The number of hydrogen-bond donors (Lipinski definition) is 1. The van der Waals surface area contributed by atoms with Crippen molar-refractivity contribution in [3.8, 4) is 0 Å². The third kappa shape index (κ3) is 5.61. The van der Waals surface area contributed by atoms with Gasteiger partial charge in [-0.05, 0) is 55.9 Å². The molecule has 2 aromatic carbocycles. The largest absolute Gasteiger partial charge is 0.469 e. The molecule has 7 heteroatoms. The van der Waals surface area contributed by atoms with Crippen LogP contribution >= 0.6 is 0 Å². The van der Waals surface area contributed by atoms with Gasteiger partial charge in [0.25, 0.3) is 5.91 Å². The summed E-state index contributed by atoms with van der Waals surface area (Å²) in [5, 5.41) is 0. The van der Waals surface area contributed by atoms with Crippen LogP contribution in [0.4, 0.5) is 0 Å². The van der Waals surface area contributed by atoms with Crippen molar-refractivity contribution in [3.05, 3.63) is 89.6 Å². The summed E-state index contributed by atoms with van der Waals surface area (Å²) in [7, 11) is 1.90. The number of aromatic amines is 1. The Labute approximate surface area is 217 Å². The van der Waals surface area contributed by atoms with E-state index in [0.717, 1.165) is 36.1 Å². The molecule has 1 fully saturated rings. The summed E-state index contributed by atoms with van der Waals surface area (Å²) in [6.07, 6.45) is 5.13. The van der Waals surface area contributed by atoms with Gasteiger partial charge in [-0.3, -0.25) is 9.59 Å². The Morgan fingerprint density at radius 1 is 1.08 bits per heavy atom. The van der Waals surface area contributed by atoms with E-state index in [1.54, 1.807) is 12.3 Å². The second kappa shape index (κ2) is 11.0. The number of piperidine rings is 1. The van der Waals surface area contributed by atoms with Crippen LogP contribution in [0.2, 0.25) is 0 Å². The summed E-state index contributed by atoms with van der Waals surface area (Å²) >= 11 is 0. The lowest BCUT2D eigenvalue weighted by Crippen LogP contribution is -2.48. The summed E-state index contributed by atoms with van der Waals surface area (Å²) < 4.78 is 5.39. The molecule has 1 aliphatic rings. The first-order valence-electron chi connectivity index (χ1n) is 13.1. The number of fused-ring (bicyclic) bond motifs is 1. The smallest absolute Gasteiger partial charge is 0.257 e. The SMILES string of the molecule is Cc1occc1C(=O)N(C)C(Cc1ccccc1)C1CCN(C(=O)CCc2nc3ccccc3[nH]2)CC1. The van der Waals surface area contributed by atoms with Crippen molar-refractivity contribution in [2.75, 3.05) is 20.1 Å². The number of aromatic nitrogens is 2.